The summed E-state index contributed by atoms with van der Waals surface area (Å²) in [7, 11) is -3.56. The Hall–Kier alpha value is -1.92. The maximum atomic E-state index is 12.7. The maximum absolute atomic E-state index is 12.7. The van der Waals surface area contributed by atoms with E-state index in [-0.39, 0.29) is 18.4 Å². The van der Waals surface area contributed by atoms with Gasteiger partial charge in [0.15, 0.2) is 0 Å². The molecule has 6 heteroatoms. The van der Waals surface area contributed by atoms with Crippen LogP contribution in [0.1, 0.15) is 31.7 Å². The topological polar surface area (TPSA) is 63.7 Å². The molecule has 0 bridgehead atoms. The van der Waals surface area contributed by atoms with E-state index in [9.17, 15) is 13.2 Å². The lowest BCUT2D eigenvalue weighted by atomic mass is 10.2. The number of esters is 1. The molecule has 1 aliphatic rings. The van der Waals surface area contributed by atoms with E-state index in [0.717, 1.165) is 5.56 Å². The molecule has 1 fully saturated rings. The molecule has 1 saturated heterocycles. The van der Waals surface area contributed by atoms with E-state index in [1.807, 2.05) is 49.4 Å². The predicted molar refractivity (Wildman–Crippen MR) is 98.3 cm³/mol. The second-order valence-electron chi connectivity index (χ2n) is 6.00. The van der Waals surface area contributed by atoms with Gasteiger partial charge in [-0.2, -0.15) is 4.31 Å². The van der Waals surface area contributed by atoms with Crippen LogP contribution in [-0.4, -0.2) is 36.5 Å². The molecule has 0 aromatic heterocycles. The molecule has 0 radical (unpaired) electrons. The molecule has 0 saturated carbocycles. The summed E-state index contributed by atoms with van der Waals surface area (Å²) in [6.07, 6.45) is 6.65. The van der Waals surface area contributed by atoms with Gasteiger partial charge in [-0.15, -0.1) is 6.58 Å². The molecule has 0 amide bonds. The number of allylic oxidation sites excluding steroid dienone is 2. The van der Waals surface area contributed by atoms with Crippen LogP contribution in [0.3, 0.4) is 0 Å². The van der Waals surface area contributed by atoms with Gasteiger partial charge < -0.3 is 4.74 Å². The van der Waals surface area contributed by atoms with Crippen LogP contribution in [-0.2, 0) is 26.2 Å². The Morgan fingerprint density at radius 1 is 1.32 bits per heavy atom. The fourth-order valence-corrected chi connectivity index (χ4v) is 4.84. The normalized spacial score (nSPS) is 21.5. The maximum Gasteiger partial charge on any atom is 0.324 e. The third-order valence-electron chi connectivity index (χ3n) is 4.18. The first-order chi connectivity index (χ1) is 12.0. The molecule has 1 heterocycles. The van der Waals surface area contributed by atoms with Gasteiger partial charge in [0, 0.05) is 6.04 Å². The number of rotatable bonds is 8. The van der Waals surface area contributed by atoms with E-state index in [2.05, 4.69) is 6.58 Å². The number of ether oxygens (including phenoxy) is 1. The molecule has 1 aliphatic heterocycles. The van der Waals surface area contributed by atoms with Crippen LogP contribution in [0.2, 0.25) is 0 Å². The van der Waals surface area contributed by atoms with Gasteiger partial charge >= 0.3 is 5.97 Å². The van der Waals surface area contributed by atoms with Gasteiger partial charge in [-0.25, -0.2) is 8.42 Å². The Kier molecular flexibility index (Phi) is 6.96. The van der Waals surface area contributed by atoms with Gasteiger partial charge in [-0.3, -0.25) is 4.79 Å². The molecule has 136 valence electrons. The predicted octanol–water partition coefficient (Wildman–Crippen LogP) is 3.04. The lowest BCUT2D eigenvalue weighted by Gasteiger charge is -2.26. The van der Waals surface area contributed by atoms with Gasteiger partial charge in [0.05, 0.1) is 5.75 Å². The Bertz CT molecular complexity index is 712. The minimum atomic E-state index is -3.56. The third-order valence-corrected chi connectivity index (χ3v) is 6.10. The first-order valence-electron chi connectivity index (χ1n) is 8.45. The molecule has 5 nitrogen and oxygen atoms in total. The summed E-state index contributed by atoms with van der Waals surface area (Å²) < 4.78 is 32.1. The molecule has 2 rings (SSSR count). The molecule has 2 atom stereocenters. The summed E-state index contributed by atoms with van der Waals surface area (Å²) >= 11 is 0. The van der Waals surface area contributed by atoms with Gasteiger partial charge in [0.1, 0.15) is 12.6 Å². The van der Waals surface area contributed by atoms with Gasteiger partial charge in [-0.05, 0) is 31.7 Å². The fraction of sp³-hybridized carbons (Fsp3) is 0.421. The van der Waals surface area contributed by atoms with E-state index in [4.69, 9.17) is 4.74 Å². The lowest BCUT2D eigenvalue weighted by Crippen LogP contribution is -2.45. The summed E-state index contributed by atoms with van der Waals surface area (Å²) in [5.41, 5.74) is 0.875. The highest BCUT2D eigenvalue weighted by molar-refractivity contribution is 7.89. The molecule has 0 N–H and O–H groups in total. The minimum absolute atomic E-state index is 0.0486. The summed E-state index contributed by atoms with van der Waals surface area (Å²) in [6, 6.07) is 8.29. The van der Waals surface area contributed by atoms with E-state index >= 15 is 0 Å². The van der Waals surface area contributed by atoms with Crippen molar-refractivity contribution < 1.29 is 17.9 Å². The number of sulfonamides is 1. The van der Waals surface area contributed by atoms with Crippen LogP contribution in [0.25, 0.3) is 0 Å². The zero-order chi connectivity index (χ0) is 18.3. The first kappa shape index (κ1) is 19.4. The number of benzene rings is 1. The molecule has 0 spiro atoms. The Balaban J connectivity index is 2.13. The summed E-state index contributed by atoms with van der Waals surface area (Å²) in [4.78, 5) is 12.5. The standard InChI is InChI=1S/C19H25NO4S/c1-3-5-14-25(22,23)20-17(9-4-2)12-13-18(20)19(21)24-15-16-10-7-6-8-11-16/h3-4,6-11,17-18H,1,5,12-15H2,2H3/b9-4-/t17-,18+/m1/s1. The SMILES string of the molecule is C=CCCS(=O)(=O)N1[C@H](/C=C\C)CC[C@H]1C(=O)OCc1ccccc1. The Labute approximate surface area is 150 Å². The van der Waals surface area contributed by atoms with Crippen LogP contribution in [0.5, 0.6) is 0 Å². The quantitative estimate of drug-likeness (QED) is 0.526. The molecular weight excluding hydrogens is 338 g/mol. The van der Waals surface area contributed by atoms with Crippen LogP contribution >= 0.6 is 0 Å². The number of hydrogen-bond donors (Lipinski definition) is 0. The Morgan fingerprint density at radius 2 is 2.04 bits per heavy atom. The van der Waals surface area contributed by atoms with Crippen molar-refractivity contribution in [3.05, 3.63) is 60.7 Å². The largest absolute Gasteiger partial charge is 0.460 e. The second kappa shape index (κ2) is 8.97. The van der Waals surface area contributed by atoms with Crippen molar-refractivity contribution >= 4 is 16.0 Å². The number of nitrogens with zero attached hydrogens (tertiary/aromatic N) is 1. The molecular formula is C19H25NO4S. The van der Waals surface area contributed by atoms with Crippen molar-refractivity contribution in [2.24, 2.45) is 0 Å². The highest BCUT2D eigenvalue weighted by atomic mass is 32.2. The van der Waals surface area contributed by atoms with Gasteiger partial charge in [0.25, 0.3) is 0 Å². The van der Waals surface area contributed by atoms with Crippen molar-refractivity contribution in [2.75, 3.05) is 5.75 Å². The summed E-state index contributed by atoms with van der Waals surface area (Å²) in [5, 5.41) is 0. The molecule has 0 aliphatic carbocycles. The van der Waals surface area contributed by atoms with E-state index < -0.39 is 22.0 Å². The van der Waals surface area contributed by atoms with E-state index in [0.29, 0.717) is 19.3 Å². The highest BCUT2D eigenvalue weighted by Gasteiger charge is 2.44. The summed E-state index contributed by atoms with van der Waals surface area (Å²) in [6.45, 7) is 5.56. The van der Waals surface area contributed by atoms with Crippen LogP contribution in [0.4, 0.5) is 0 Å². The molecule has 25 heavy (non-hydrogen) atoms. The van der Waals surface area contributed by atoms with Crippen molar-refractivity contribution in [2.45, 2.75) is 44.9 Å². The van der Waals surface area contributed by atoms with Crippen molar-refractivity contribution in [1.82, 2.24) is 4.31 Å². The fourth-order valence-electron chi connectivity index (χ4n) is 3.00. The van der Waals surface area contributed by atoms with Crippen LogP contribution in [0, 0.1) is 0 Å². The number of hydrogen-bond acceptors (Lipinski definition) is 4. The average Bonchev–Trinajstić information content (AvgIpc) is 3.04. The van der Waals surface area contributed by atoms with Crippen LogP contribution < -0.4 is 0 Å². The van der Waals surface area contributed by atoms with Crippen LogP contribution in [0.15, 0.2) is 55.1 Å². The number of carbonyl (C=O) groups excluding carboxylic acids is 1. The van der Waals surface area contributed by atoms with Crippen molar-refractivity contribution in [3.8, 4) is 0 Å². The minimum Gasteiger partial charge on any atom is -0.460 e. The second-order valence-corrected chi connectivity index (χ2v) is 8.00. The van der Waals surface area contributed by atoms with Crippen molar-refractivity contribution in [1.29, 1.82) is 0 Å². The monoisotopic (exact) mass is 363 g/mol. The average molecular weight is 363 g/mol. The summed E-state index contributed by atoms with van der Waals surface area (Å²) in [5.74, 6) is -0.537. The van der Waals surface area contributed by atoms with Crippen molar-refractivity contribution in [3.63, 3.8) is 0 Å². The zero-order valence-corrected chi connectivity index (χ0v) is 15.3. The molecule has 1 aromatic rings. The Morgan fingerprint density at radius 3 is 2.68 bits per heavy atom. The van der Waals surface area contributed by atoms with E-state index in [1.54, 1.807) is 6.08 Å². The zero-order valence-electron chi connectivity index (χ0n) is 14.5. The smallest absolute Gasteiger partial charge is 0.324 e. The molecule has 1 aromatic carbocycles. The van der Waals surface area contributed by atoms with Gasteiger partial charge in [-0.1, -0.05) is 48.6 Å². The number of carbonyl (C=O) groups is 1. The lowest BCUT2D eigenvalue weighted by molar-refractivity contribution is -0.149. The first-order valence-corrected chi connectivity index (χ1v) is 10.1. The van der Waals surface area contributed by atoms with Gasteiger partial charge in [0.2, 0.25) is 10.0 Å². The highest BCUT2D eigenvalue weighted by Crippen LogP contribution is 2.30. The molecule has 0 unspecified atom stereocenters. The van der Waals surface area contributed by atoms with E-state index in [1.165, 1.54) is 4.31 Å². The third kappa shape index (κ3) is 5.03.